The molecular weight excluding hydrogens is 188 g/mol. The van der Waals surface area contributed by atoms with Crippen molar-refractivity contribution < 1.29 is 8.42 Å². The van der Waals surface area contributed by atoms with Crippen LogP contribution in [0, 0.1) is 0 Å². The van der Waals surface area contributed by atoms with Crippen molar-refractivity contribution >= 4 is 10.0 Å². The third kappa shape index (κ3) is 2.42. The van der Waals surface area contributed by atoms with Crippen molar-refractivity contribution in [2.24, 2.45) is 0 Å². The van der Waals surface area contributed by atoms with E-state index in [1.807, 2.05) is 20.9 Å². The number of rotatable bonds is 1. The molecule has 0 amide bonds. The highest BCUT2D eigenvalue weighted by molar-refractivity contribution is 7.88. The summed E-state index contributed by atoms with van der Waals surface area (Å²) in [6, 6.07) is 0.608. The summed E-state index contributed by atoms with van der Waals surface area (Å²) < 4.78 is 24.1. The monoisotopic (exact) mass is 206 g/mol. The molecule has 1 rings (SSSR count). The Balaban J connectivity index is 2.75. The molecule has 1 saturated heterocycles. The highest BCUT2D eigenvalue weighted by Gasteiger charge is 2.30. The average molecular weight is 206 g/mol. The first-order chi connectivity index (χ1) is 5.82. The van der Waals surface area contributed by atoms with E-state index in [4.69, 9.17) is 0 Å². The largest absolute Gasteiger partial charge is 0.298 e. The second-order valence-electron chi connectivity index (χ2n) is 3.94. The summed E-state index contributed by atoms with van der Waals surface area (Å²) in [5, 5.41) is 0. The van der Waals surface area contributed by atoms with Crippen molar-refractivity contribution in [2.75, 3.05) is 26.4 Å². The van der Waals surface area contributed by atoms with Gasteiger partial charge in [0, 0.05) is 25.2 Å². The zero-order valence-electron chi connectivity index (χ0n) is 8.69. The zero-order valence-corrected chi connectivity index (χ0v) is 9.50. The van der Waals surface area contributed by atoms with Gasteiger partial charge in [0.2, 0.25) is 10.0 Å². The summed E-state index contributed by atoms with van der Waals surface area (Å²) in [6.07, 6.45) is 1.28. The predicted octanol–water partition coefficient (Wildman–Crippen LogP) is -0.0296. The van der Waals surface area contributed by atoms with Crippen LogP contribution in [-0.2, 0) is 10.0 Å². The summed E-state index contributed by atoms with van der Waals surface area (Å²) in [4.78, 5) is 2.21. The smallest absolute Gasteiger partial charge is 0.211 e. The number of hydrogen-bond acceptors (Lipinski definition) is 3. The second-order valence-corrected chi connectivity index (χ2v) is 5.93. The molecule has 2 unspecified atom stereocenters. The third-order valence-electron chi connectivity index (χ3n) is 2.80. The molecule has 4 nitrogen and oxygen atoms in total. The molecule has 1 aliphatic rings. The van der Waals surface area contributed by atoms with Gasteiger partial charge in [-0.3, -0.25) is 4.90 Å². The molecule has 0 saturated carbocycles. The summed E-state index contributed by atoms with van der Waals surface area (Å²) in [6.45, 7) is 5.32. The maximum absolute atomic E-state index is 11.3. The van der Waals surface area contributed by atoms with E-state index in [1.54, 1.807) is 4.31 Å². The lowest BCUT2D eigenvalue weighted by Crippen LogP contribution is -2.56. The van der Waals surface area contributed by atoms with Gasteiger partial charge in [0.05, 0.1) is 6.26 Å². The van der Waals surface area contributed by atoms with Gasteiger partial charge in [-0.1, -0.05) is 0 Å². The van der Waals surface area contributed by atoms with E-state index < -0.39 is 10.0 Å². The van der Waals surface area contributed by atoms with Crippen LogP contribution in [0.1, 0.15) is 13.8 Å². The Morgan fingerprint density at radius 3 is 1.85 bits per heavy atom. The van der Waals surface area contributed by atoms with Gasteiger partial charge in [0.25, 0.3) is 0 Å². The molecule has 13 heavy (non-hydrogen) atoms. The van der Waals surface area contributed by atoms with Crippen molar-refractivity contribution in [3.05, 3.63) is 0 Å². The Kier molecular flexibility index (Phi) is 2.99. The highest BCUT2D eigenvalue weighted by atomic mass is 32.2. The molecule has 0 spiro atoms. The van der Waals surface area contributed by atoms with E-state index in [2.05, 4.69) is 4.90 Å². The minimum Gasteiger partial charge on any atom is -0.298 e. The molecule has 0 aliphatic carbocycles. The van der Waals surface area contributed by atoms with Gasteiger partial charge in [-0.2, -0.15) is 4.31 Å². The molecule has 0 N–H and O–H groups in total. The fourth-order valence-electron chi connectivity index (χ4n) is 1.63. The number of sulfonamides is 1. The third-order valence-corrected chi connectivity index (χ3v) is 4.03. The normalized spacial score (nSPS) is 33.5. The topological polar surface area (TPSA) is 40.6 Å². The van der Waals surface area contributed by atoms with Crippen LogP contribution >= 0.6 is 0 Å². The first kappa shape index (κ1) is 10.9. The lowest BCUT2D eigenvalue weighted by atomic mass is 10.1. The van der Waals surface area contributed by atoms with Crippen LogP contribution in [0.5, 0.6) is 0 Å². The summed E-state index contributed by atoms with van der Waals surface area (Å²) in [5.74, 6) is 0. The maximum Gasteiger partial charge on any atom is 0.211 e. The van der Waals surface area contributed by atoms with Gasteiger partial charge in [-0.05, 0) is 20.9 Å². The zero-order chi connectivity index (χ0) is 10.2. The Hall–Kier alpha value is -0.130. The van der Waals surface area contributed by atoms with Gasteiger partial charge in [-0.25, -0.2) is 8.42 Å². The van der Waals surface area contributed by atoms with E-state index in [1.165, 1.54) is 6.26 Å². The lowest BCUT2D eigenvalue weighted by molar-refractivity contribution is 0.105. The molecule has 5 heteroatoms. The van der Waals surface area contributed by atoms with E-state index in [0.717, 1.165) is 0 Å². The number of hydrogen-bond donors (Lipinski definition) is 0. The van der Waals surface area contributed by atoms with Gasteiger partial charge >= 0.3 is 0 Å². The maximum atomic E-state index is 11.3. The van der Waals surface area contributed by atoms with Crippen molar-refractivity contribution in [1.29, 1.82) is 0 Å². The summed E-state index contributed by atoms with van der Waals surface area (Å²) >= 11 is 0. The molecule has 0 radical (unpaired) electrons. The molecule has 1 aliphatic heterocycles. The first-order valence-electron chi connectivity index (χ1n) is 4.49. The fraction of sp³-hybridized carbons (Fsp3) is 1.00. The quantitative estimate of drug-likeness (QED) is 0.605. The van der Waals surface area contributed by atoms with Gasteiger partial charge in [0.15, 0.2) is 0 Å². The highest BCUT2D eigenvalue weighted by Crippen LogP contribution is 2.15. The lowest BCUT2D eigenvalue weighted by Gasteiger charge is -2.41. The van der Waals surface area contributed by atoms with Crippen LogP contribution in [0.3, 0.4) is 0 Å². The summed E-state index contributed by atoms with van der Waals surface area (Å²) in [7, 11) is -0.972. The van der Waals surface area contributed by atoms with Crippen LogP contribution in [0.25, 0.3) is 0 Å². The van der Waals surface area contributed by atoms with E-state index >= 15 is 0 Å². The van der Waals surface area contributed by atoms with Crippen LogP contribution < -0.4 is 0 Å². The molecular formula is C8H18N2O2S. The van der Waals surface area contributed by atoms with E-state index in [9.17, 15) is 8.42 Å². The van der Waals surface area contributed by atoms with Gasteiger partial charge < -0.3 is 0 Å². The average Bonchev–Trinajstić information content (AvgIpc) is 1.97. The van der Waals surface area contributed by atoms with E-state index in [0.29, 0.717) is 25.2 Å². The number of likely N-dealkylation sites (N-methyl/N-ethyl adjacent to an activating group) is 1. The van der Waals surface area contributed by atoms with E-state index in [-0.39, 0.29) is 0 Å². The van der Waals surface area contributed by atoms with Crippen molar-refractivity contribution in [3.63, 3.8) is 0 Å². The molecule has 0 bridgehead atoms. The molecule has 1 fully saturated rings. The van der Waals surface area contributed by atoms with Crippen molar-refractivity contribution in [1.82, 2.24) is 9.21 Å². The van der Waals surface area contributed by atoms with Gasteiger partial charge in [-0.15, -0.1) is 0 Å². The van der Waals surface area contributed by atoms with Crippen LogP contribution in [0.2, 0.25) is 0 Å². The Morgan fingerprint density at radius 2 is 1.54 bits per heavy atom. The molecule has 2 atom stereocenters. The number of piperazine rings is 1. The summed E-state index contributed by atoms with van der Waals surface area (Å²) in [5.41, 5.74) is 0. The molecule has 1 heterocycles. The minimum absolute atomic E-state index is 0.304. The Bertz CT molecular complexity index is 264. The van der Waals surface area contributed by atoms with Crippen LogP contribution in [0.4, 0.5) is 0 Å². The Labute approximate surface area is 80.6 Å². The van der Waals surface area contributed by atoms with Gasteiger partial charge in [0.1, 0.15) is 0 Å². The Morgan fingerprint density at radius 1 is 1.15 bits per heavy atom. The SMILES string of the molecule is CC1CN(S(C)(=O)=O)CC(C)N1C. The van der Waals surface area contributed by atoms with Crippen molar-refractivity contribution in [3.8, 4) is 0 Å². The molecule has 78 valence electrons. The second kappa shape index (κ2) is 3.55. The number of nitrogens with zero attached hydrogens (tertiary/aromatic N) is 2. The van der Waals surface area contributed by atoms with Crippen LogP contribution in [-0.4, -0.2) is 56.1 Å². The predicted molar refractivity (Wildman–Crippen MR) is 53.1 cm³/mol. The molecule has 0 aromatic carbocycles. The molecule has 0 aromatic heterocycles. The minimum atomic E-state index is -3.01. The standard InChI is InChI=1S/C8H18N2O2S/c1-7-5-10(13(4,11)12)6-8(2)9(7)3/h7-8H,5-6H2,1-4H3. The first-order valence-corrected chi connectivity index (χ1v) is 6.34. The fourth-order valence-corrected chi connectivity index (χ4v) is 2.60. The van der Waals surface area contributed by atoms with Crippen LogP contribution in [0.15, 0.2) is 0 Å². The van der Waals surface area contributed by atoms with Crippen molar-refractivity contribution in [2.45, 2.75) is 25.9 Å². The molecule has 0 aromatic rings.